The summed E-state index contributed by atoms with van der Waals surface area (Å²) in [4.78, 5) is 22.0. The van der Waals surface area contributed by atoms with Crippen LogP contribution in [0, 0.1) is 10.1 Å². The second-order valence-electron chi connectivity index (χ2n) is 6.63. The molecule has 0 aliphatic rings. The van der Waals surface area contributed by atoms with Gasteiger partial charge in [-0.05, 0) is 36.8 Å². The lowest BCUT2D eigenvalue weighted by atomic mass is 10.2. The van der Waals surface area contributed by atoms with E-state index < -0.39 is 55.4 Å². The van der Waals surface area contributed by atoms with Gasteiger partial charge in [0, 0.05) is 12.6 Å². The molecular formula is C19H19ClF3N3O5S. The molecule has 0 unspecified atom stereocenters. The number of sulfonamides is 1. The predicted molar refractivity (Wildman–Crippen MR) is 112 cm³/mol. The number of hydrogen-bond donors (Lipinski definition) is 1. The number of nitro groups is 1. The number of nitrogens with zero attached hydrogens (tertiary/aromatic N) is 2. The first-order valence-electron chi connectivity index (χ1n) is 9.28. The molecule has 2 aromatic carbocycles. The normalized spacial score (nSPS) is 11.8. The highest BCUT2D eigenvalue weighted by molar-refractivity contribution is 7.92. The van der Waals surface area contributed by atoms with Crippen molar-refractivity contribution in [2.24, 2.45) is 0 Å². The molecule has 2 rings (SSSR count). The van der Waals surface area contributed by atoms with Crippen molar-refractivity contribution in [2.45, 2.75) is 30.8 Å². The molecule has 0 radical (unpaired) electrons. The zero-order valence-corrected chi connectivity index (χ0v) is 18.3. The Morgan fingerprint density at radius 2 is 1.91 bits per heavy atom. The number of amides is 1. The van der Waals surface area contributed by atoms with Crippen LogP contribution in [0.1, 0.15) is 25.3 Å². The van der Waals surface area contributed by atoms with Crippen molar-refractivity contribution < 1.29 is 31.3 Å². The van der Waals surface area contributed by atoms with Crippen LogP contribution < -0.4 is 9.62 Å². The van der Waals surface area contributed by atoms with Crippen LogP contribution in [0.2, 0.25) is 5.02 Å². The van der Waals surface area contributed by atoms with Crippen molar-refractivity contribution >= 4 is 38.9 Å². The van der Waals surface area contributed by atoms with E-state index in [2.05, 4.69) is 5.32 Å². The summed E-state index contributed by atoms with van der Waals surface area (Å²) < 4.78 is 66.5. The van der Waals surface area contributed by atoms with Gasteiger partial charge in [0.2, 0.25) is 5.91 Å². The Hall–Kier alpha value is -2.86. The topological polar surface area (TPSA) is 110 Å². The quantitative estimate of drug-likeness (QED) is 0.317. The Bertz CT molecular complexity index is 1110. The monoisotopic (exact) mass is 493 g/mol. The van der Waals surface area contributed by atoms with Gasteiger partial charge in [-0.15, -0.1) is 0 Å². The highest BCUT2D eigenvalue weighted by Crippen LogP contribution is 2.34. The second kappa shape index (κ2) is 10.2. The lowest BCUT2D eigenvalue weighted by Gasteiger charge is -2.25. The van der Waals surface area contributed by atoms with Gasteiger partial charge in [0.25, 0.3) is 15.7 Å². The van der Waals surface area contributed by atoms with Gasteiger partial charge in [-0.3, -0.25) is 19.2 Å². The average molecular weight is 494 g/mol. The molecule has 0 atom stereocenters. The molecule has 1 amide bonds. The number of carbonyl (C=O) groups excluding carboxylic acids is 1. The SMILES string of the molecule is CCCCNC(=O)CN(c1cccc(C(F)(F)F)c1)S(=O)(=O)c1ccc(Cl)c([N+](=O)[O-])c1. The van der Waals surface area contributed by atoms with Gasteiger partial charge in [-0.1, -0.05) is 31.0 Å². The largest absolute Gasteiger partial charge is 0.416 e. The number of nitro benzene ring substituents is 1. The van der Waals surface area contributed by atoms with E-state index in [9.17, 15) is 36.5 Å². The lowest BCUT2D eigenvalue weighted by Crippen LogP contribution is -2.41. The minimum atomic E-state index is -4.76. The zero-order chi connectivity index (χ0) is 24.1. The van der Waals surface area contributed by atoms with Crippen molar-refractivity contribution in [2.75, 3.05) is 17.4 Å². The summed E-state index contributed by atoms with van der Waals surface area (Å²) in [6.07, 6.45) is -3.39. The van der Waals surface area contributed by atoms with Crippen molar-refractivity contribution in [3.8, 4) is 0 Å². The van der Waals surface area contributed by atoms with Crippen LogP contribution in [0.5, 0.6) is 0 Å². The van der Waals surface area contributed by atoms with Crippen LogP contribution in [-0.2, 0) is 21.0 Å². The summed E-state index contributed by atoms with van der Waals surface area (Å²) in [7, 11) is -4.67. The number of nitrogens with one attached hydrogen (secondary N) is 1. The summed E-state index contributed by atoms with van der Waals surface area (Å²) >= 11 is 5.72. The molecule has 2 aromatic rings. The van der Waals surface area contributed by atoms with Crippen LogP contribution in [0.15, 0.2) is 47.4 Å². The first-order chi connectivity index (χ1) is 14.9. The third-order valence-corrected chi connectivity index (χ3v) is 6.39. The van der Waals surface area contributed by atoms with E-state index in [1.165, 1.54) is 0 Å². The van der Waals surface area contributed by atoms with E-state index in [0.717, 1.165) is 36.8 Å². The number of rotatable bonds is 9. The molecule has 0 saturated heterocycles. The van der Waals surface area contributed by atoms with Gasteiger partial charge in [0.1, 0.15) is 11.6 Å². The van der Waals surface area contributed by atoms with Crippen molar-refractivity contribution in [1.82, 2.24) is 5.32 Å². The minimum Gasteiger partial charge on any atom is -0.355 e. The van der Waals surface area contributed by atoms with E-state index in [0.29, 0.717) is 22.9 Å². The number of alkyl halides is 3. The van der Waals surface area contributed by atoms with Gasteiger partial charge in [0.15, 0.2) is 0 Å². The molecule has 8 nitrogen and oxygen atoms in total. The number of halogens is 4. The number of anilines is 1. The smallest absolute Gasteiger partial charge is 0.355 e. The van der Waals surface area contributed by atoms with E-state index >= 15 is 0 Å². The number of carbonyl (C=O) groups is 1. The van der Waals surface area contributed by atoms with Gasteiger partial charge < -0.3 is 5.32 Å². The van der Waals surface area contributed by atoms with Crippen molar-refractivity contribution in [1.29, 1.82) is 0 Å². The average Bonchev–Trinajstić information content (AvgIpc) is 2.71. The highest BCUT2D eigenvalue weighted by Gasteiger charge is 2.34. The van der Waals surface area contributed by atoms with Gasteiger partial charge in [-0.25, -0.2) is 8.42 Å². The van der Waals surface area contributed by atoms with Crippen LogP contribution in [0.4, 0.5) is 24.5 Å². The van der Waals surface area contributed by atoms with Crippen molar-refractivity contribution in [3.63, 3.8) is 0 Å². The summed E-state index contributed by atoms with van der Waals surface area (Å²) in [5.41, 5.74) is -2.25. The maximum absolute atomic E-state index is 13.2. The molecule has 0 bridgehead atoms. The van der Waals surface area contributed by atoms with Crippen LogP contribution in [-0.4, -0.2) is 32.3 Å². The fourth-order valence-electron chi connectivity index (χ4n) is 2.66. The number of benzene rings is 2. The molecule has 0 saturated carbocycles. The predicted octanol–water partition coefficient (Wildman–Crippen LogP) is 4.38. The van der Waals surface area contributed by atoms with Gasteiger partial charge >= 0.3 is 6.18 Å². The molecule has 0 aromatic heterocycles. The minimum absolute atomic E-state index is 0.248. The standard InChI is InChI=1S/C19H19ClF3N3O5S/c1-2-3-9-24-18(27)12-25(14-6-4-5-13(10-14)19(21,22)23)32(30,31)15-7-8-16(20)17(11-15)26(28)29/h4-8,10-11H,2-3,9,12H2,1H3,(H,24,27). The molecule has 32 heavy (non-hydrogen) atoms. The van der Waals surface area contributed by atoms with Gasteiger partial charge in [-0.2, -0.15) is 13.2 Å². The molecule has 13 heteroatoms. The molecule has 0 aliphatic carbocycles. The highest BCUT2D eigenvalue weighted by atomic mass is 35.5. The van der Waals surface area contributed by atoms with E-state index in [1.807, 2.05) is 6.92 Å². The fourth-order valence-corrected chi connectivity index (χ4v) is 4.28. The molecule has 0 aliphatic heterocycles. The molecular weight excluding hydrogens is 475 g/mol. The Morgan fingerprint density at radius 3 is 2.50 bits per heavy atom. The van der Waals surface area contributed by atoms with Crippen LogP contribution in [0.3, 0.4) is 0 Å². The molecule has 0 spiro atoms. The Kier molecular flexibility index (Phi) is 8.07. The Labute approximate surface area is 187 Å². The molecule has 1 N–H and O–H groups in total. The molecule has 0 heterocycles. The van der Waals surface area contributed by atoms with Gasteiger partial charge in [0.05, 0.1) is 21.1 Å². The number of hydrogen-bond acceptors (Lipinski definition) is 5. The summed E-state index contributed by atoms with van der Waals surface area (Å²) in [5, 5.41) is 13.3. The fraction of sp³-hybridized carbons (Fsp3) is 0.316. The van der Waals surface area contributed by atoms with E-state index in [4.69, 9.17) is 11.6 Å². The van der Waals surface area contributed by atoms with Crippen molar-refractivity contribution in [3.05, 3.63) is 63.2 Å². The zero-order valence-electron chi connectivity index (χ0n) is 16.7. The first kappa shape index (κ1) is 25.4. The third-order valence-electron chi connectivity index (χ3n) is 4.30. The molecule has 174 valence electrons. The number of unbranched alkanes of at least 4 members (excludes halogenated alkanes) is 1. The van der Waals surface area contributed by atoms with Crippen LogP contribution >= 0.6 is 11.6 Å². The summed E-state index contributed by atoms with van der Waals surface area (Å²) in [5.74, 6) is -0.747. The van der Waals surface area contributed by atoms with E-state index in [1.54, 1.807) is 0 Å². The molecule has 0 fully saturated rings. The maximum Gasteiger partial charge on any atom is 0.416 e. The first-order valence-corrected chi connectivity index (χ1v) is 11.1. The van der Waals surface area contributed by atoms with Crippen LogP contribution in [0.25, 0.3) is 0 Å². The third kappa shape index (κ3) is 6.10. The second-order valence-corrected chi connectivity index (χ2v) is 8.90. The maximum atomic E-state index is 13.2. The van der Waals surface area contributed by atoms with E-state index in [-0.39, 0.29) is 11.6 Å². The summed E-state index contributed by atoms with van der Waals surface area (Å²) in [6.45, 7) is 1.29. The summed E-state index contributed by atoms with van der Waals surface area (Å²) in [6, 6.07) is 6.08. The Balaban J connectivity index is 2.56. The Morgan fingerprint density at radius 1 is 1.22 bits per heavy atom. The lowest BCUT2D eigenvalue weighted by molar-refractivity contribution is -0.384.